The third-order valence-electron chi connectivity index (χ3n) is 2.50. The van der Waals surface area contributed by atoms with E-state index >= 15 is 0 Å². The van der Waals surface area contributed by atoms with Gasteiger partial charge in [-0.15, -0.1) is 0 Å². The molecule has 4 nitrogen and oxygen atoms in total. The number of rotatable bonds is 2. The van der Waals surface area contributed by atoms with Crippen LogP contribution in [0.1, 0.15) is 21.6 Å². The van der Waals surface area contributed by atoms with Crippen LogP contribution in [0.4, 0.5) is 5.82 Å². The number of anilines is 1. The number of pyridine rings is 2. The van der Waals surface area contributed by atoms with Crippen LogP contribution in [-0.2, 0) is 0 Å². The van der Waals surface area contributed by atoms with Crippen molar-refractivity contribution >= 4 is 27.7 Å². The van der Waals surface area contributed by atoms with Crippen LogP contribution in [0, 0.1) is 13.8 Å². The standard InChI is InChI=1S/C13H12BrN3O/c1-8-4-3-5-15-11(8)13(18)17-12-9(2)6-10(14)7-16-12/h3-7H,1-2H3,(H,16,17,18). The summed E-state index contributed by atoms with van der Waals surface area (Å²) in [5, 5.41) is 2.76. The largest absolute Gasteiger partial charge is 0.305 e. The Balaban J connectivity index is 2.24. The Kier molecular flexibility index (Phi) is 3.72. The molecule has 2 rings (SSSR count). The zero-order valence-corrected chi connectivity index (χ0v) is 11.7. The molecule has 0 spiro atoms. The molecule has 0 aliphatic rings. The molecule has 0 bridgehead atoms. The van der Waals surface area contributed by atoms with Gasteiger partial charge in [-0.05, 0) is 53.0 Å². The van der Waals surface area contributed by atoms with E-state index in [9.17, 15) is 4.79 Å². The maximum Gasteiger partial charge on any atom is 0.275 e. The van der Waals surface area contributed by atoms with Crippen molar-refractivity contribution in [1.29, 1.82) is 0 Å². The molecule has 2 aromatic rings. The van der Waals surface area contributed by atoms with E-state index in [0.29, 0.717) is 11.5 Å². The SMILES string of the molecule is Cc1cc(Br)cnc1NC(=O)c1ncccc1C. The van der Waals surface area contributed by atoms with Gasteiger partial charge in [0.05, 0.1) is 0 Å². The summed E-state index contributed by atoms with van der Waals surface area (Å²) in [5.41, 5.74) is 2.15. The van der Waals surface area contributed by atoms with Crippen molar-refractivity contribution in [2.75, 3.05) is 5.32 Å². The summed E-state index contributed by atoms with van der Waals surface area (Å²) < 4.78 is 0.881. The van der Waals surface area contributed by atoms with E-state index in [-0.39, 0.29) is 5.91 Å². The van der Waals surface area contributed by atoms with Gasteiger partial charge < -0.3 is 5.32 Å². The van der Waals surface area contributed by atoms with Gasteiger partial charge in [0, 0.05) is 16.9 Å². The number of carbonyl (C=O) groups excluding carboxylic acids is 1. The summed E-state index contributed by atoms with van der Waals surface area (Å²) in [7, 11) is 0. The Morgan fingerprint density at radius 2 is 2.06 bits per heavy atom. The highest BCUT2D eigenvalue weighted by Crippen LogP contribution is 2.17. The molecule has 1 N–H and O–H groups in total. The Morgan fingerprint density at radius 3 is 2.72 bits per heavy atom. The summed E-state index contributed by atoms with van der Waals surface area (Å²) in [6.07, 6.45) is 3.25. The van der Waals surface area contributed by atoms with E-state index < -0.39 is 0 Å². The summed E-state index contributed by atoms with van der Waals surface area (Å²) >= 11 is 3.33. The number of nitrogens with one attached hydrogen (secondary N) is 1. The fourth-order valence-corrected chi connectivity index (χ4v) is 2.01. The molecule has 0 aromatic carbocycles. The first-order valence-corrected chi connectivity index (χ1v) is 6.22. The van der Waals surface area contributed by atoms with E-state index in [2.05, 4.69) is 31.2 Å². The molecular weight excluding hydrogens is 294 g/mol. The first-order valence-electron chi connectivity index (χ1n) is 5.43. The normalized spacial score (nSPS) is 10.2. The summed E-state index contributed by atoms with van der Waals surface area (Å²) in [6.45, 7) is 3.74. The lowest BCUT2D eigenvalue weighted by Gasteiger charge is -2.08. The Labute approximate surface area is 114 Å². The second-order valence-corrected chi connectivity index (χ2v) is 4.86. The fraction of sp³-hybridized carbons (Fsp3) is 0.154. The maximum absolute atomic E-state index is 12.0. The van der Waals surface area contributed by atoms with Crippen molar-refractivity contribution in [2.45, 2.75) is 13.8 Å². The zero-order valence-electron chi connectivity index (χ0n) is 10.1. The second kappa shape index (κ2) is 5.27. The van der Waals surface area contributed by atoms with Gasteiger partial charge >= 0.3 is 0 Å². The lowest BCUT2D eigenvalue weighted by molar-refractivity contribution is 0.102. The fourth-order valence-electron chi connectivity index (χ4n) is 1.56. The highest BCUT2D eigenvalue weighted by molar-refractivity contribution is 9.10. The average Bonchev–Trinajstić information content (AvgIpc) is 2.33. The van der Waals surface area contributed by atoms with Crippen molar-refractivity contribution in [2.24, 2.45) is 0 Å². The first-order chi connectivity index (χ1) is 8.58. The topological polar surface area (TPSA) is 54.9 Å². The molecular formula is C13H12BrN3O. The van der Waals surface area contributed by atoms with Crippen LogP contribution in [0.5, 0.6) is 0 Å². The highest BCUT2D eigenvalue weighted by atomic mass is 79.9. The monoisotopic (exact) mass is 305 g/mol. The Morgan fingerprint density at radius 1 is 1.28 bits per heavy atom. The number of carbonyl (C=O) groups is 1. The molecule has 0 radical (unpaired) electrons. The van der Waals surface area contributed by atoms with Gasteiger partial charge in [-0.25, -0.2) is 4.98 Å². The molecule has 0 aliphatic heterocycles. The molecule has 0 aliphatic carbocycles. The predicted octanol–water partition coefficient (Wildman–Crippen LogP) is 3.11. The average molecular weight is 306 g/mol. The highest BCUT2D eigenvalue weighted by Gasteiger charge is 2.12. The number of aryl methyl sites for hydroxylation is 2. The third kappa shape index (κ3) is 2.73. The number of hydrogen-bond acceptors (Lipinski definition) is 3. The summed E-state index contributed by atoms with van der Waals surface area (Å²) in [6, 6.07) is 5.55. The summed E-state index contributed by atoms with van der Waals surface area (Å²) in [4.78, 5) is 20.3. The molecule has 0 unspecified atom stereocenters. The van der Waals surface area contributed by atoms with E-state index in [0.717, 1.165) is 15.6 Å². The maximum atomic E-state index is 12.0. The molecule has 0 saturated heterocycles. The van der Waals surface area contributed by atoms with Crippen molar-refractivity contribution < 1.29 is 4.79 Å². The van der Waals surface area contributed by atoms with E-state index in [1.807, 2.05) is 26.0 Å². The molecule has 2 heterocycles. The predicted molar refractivity (Wildman–Crippen MR) is 73.6 cm³/mol. The quantitative estimate of drug-likeness (QED) is 0.927. The number of hydrogen-bond donors (Lipinski definition) is 1. The van der Waals surface area contributed by atoms with E-state index in [4.69, 9.17) is 0 Å². The number of amides is 1. The van der Waals surface area contributed by atoms with E-state index in [1.54, 1.807) is 18.5 Å². The molecule has 0 fully saturated rings. The Hall–Kier alpha value is -1.75. The van der Waals surface area contributed by atoms with Crippen LogP contribution in [-0.4, -0.2) is 15.9 Å². The Bertz CT molecular complexity index is 599. The van der Waals surface area contributed by atoms with Gasteiger partial charge in [0.1, 0.15) is 11.5 Å². The molecule has 92 valence electrons. The van der Waals surface area contributed by atoms with Crippen molar-refractivity contribution in [3.63, 3.8) is 0 Å². The van der Waals surface area contributed by atoms with Gasteiger partial charge in [-0.3, -0.25) is 9.78 Å². The van der Waals surface area contributed by atoms with Crippen LogP contribution in [0.25, 0.3) is 0 Å². The van der Waals surface area contributed by atoms with Crippen molar-refractivity contribution in [1.82, 2.24) is 9.97 Å². The van der Waals surface area contributed by atoms with Crippen LogP contribution >= 0.6 is 15.9 Å². The van der Waals surface area contributed by atoms with Crippen LogP contribution in [0.3, 0.4) is 0 Å². The van der Waals surface area contributed by atoms with Gasteiger partial charge in [0.15, 0.2) is 0 Å². The van der Waals surface area contributed by atoms with Crippen LogP contribution < -0.4 is 5.32 Å². The molecule has 0 saturated carbocycles. The summed E-state index contributed by atoms with van der Waals surface area (Å²) in [5.74, 6) is 0.305. The minimum atomic E-state index is -0.244. The lowest BCUT2D eigenvalue weighted by Crippen LogP contribution is -2.16. The van der Waals surface area contributed by atoms with Crippen LogP contribution in [0.2, 0.25) is 0 Å². The zero-order chi connectivity index (χ0) is 13.1. The molecule has 18 heavy (non-hydrogen) atoms. The van der Waals surface area contributed by atoms with Crippen molar-refractivity contribution in [3.8, 4) is 0 Å². The molecule has 0 atom stereocenters. The van der Waals surface area contributed by atoms with Gasteiger partial charge in [-0.2, -0.15) is 0 Å². The molecule has 2 aromatic heterocycles. The smallest absolute Gasteiger partial charge is 0.275 e. The number of aromatic nitrogens is 2. The van der Waals surface area contributed by atoms with Crippen molar-refractivity contribution in [3.05, 3.63) is 51.9 Å². The van der Waals surface area contributed by atoms with Crippen LogP contribution in [0.15, 0.2) is 35.1 Å². The molecule has 1 amide bonds. The van der Waals surface area contributed by atoms with Gasteiger partial charge in [-0.1, -0.05) is 6.07 Å². The van der Waals surface area contributed by atoms with Gasteiger partial charge in [0.2, 0.25) is 0 Å². The van der Waals surface area contributed by atoms with E-state index in [1.165, 1.54) is 0 Å². The minimum Gasteiger partial charge on any atom is -0.305 e. The third-order valence-corrected chi connectivity index (χ3v) is 2.94. The van der Waals surface area contributed by atoms with Gasteiger partial charge in [0.25, 0.3) is 5.91 Å². The minimum absolute atomic E-state index is 0.244. The second-order valence-electron chi connectivity index (χ2n) is 3.94. The first kappa shape index (κ1) is 12.7. The number of halogens is 1. The number of nitrogens with zero attached hydrogens (tertiary/aromatic N) is 2. The lowest BCUT2D eigenvalue weighted by atomic mass is 10.2. The molecule has 5 heteroatoms.